The fraction of sp³-hybridized carbons (Fsp3) is 0.947. The Hall–Kier alpha value is -0.570. The number of hydrogen-bond donors (Lipinski definition) is 0. The van der Waals surface area contributed by atoms with Crippen LogP contribution in [0, 0.1) is 23.2 Å². The third-order valence-electron chi connectivity index (χ3n) is 7.84. The number of piperidine rings is 1. The Bertz CT molecular complexity index is 453. The molecule has 0 radical (unpaired) electrons. The minimum atomic E-state index is -0.0806. The van der Waals surface area contributed by atoms with Crippen LogP contribution in [0.5, 0.6) is 0 Å². The van der Waals surface area contributed by atoms with Gasteiger partial charge in [0.2, 0.25) is 0 Å². The van der Waals surface area contributed by atoms with Crippen LogP contribution < -0.4 is 0 Å². The highest BCUT2D eigenvalue weighted by atomic mass is 16.5. The van der Waals surface area contributed by atoms with Gasteiger partial charge < -0.3 is 4.74 Å². The largest absolute Gasteiger partial charge is 0.460 e. The van der Waals surface area contributed by atoms with E-state index in [1.165, 1.54) is 38.5 Å². The van der Waals surface area contributed by atoms with Crippen LogP contribution in [-0.2, 0) is 9.53 Å². The summed E-state index contributed by atoms with van der Waals surface area (Å²) in [7, 11) is 2.23. The smallest absolute Gasteiger partial charge is 0.312 e. The molecule has 3 nitrogen and oxygen atoms in total. The first-order valence-corrected chi connectivity index (χ1v) is 9.56. The van der Waals surface area contributed by atoms with E-state index in [1.807, 2.05) is 0 Å². The molecule has 22 heavy (non-hydrogen) atoms. The summed E-state index contributed by atoms with van der Waals surface area (Å²) < 4.78 is 6.20. The maximum Gasteiger partial charge on any atom is 0.312 e. The van der Waals surface area contributed by atoms with Crippen molar-refractivity contribution in [3.63, 3.8) is 0 Å². The molecule has 0 N–H and O–H groups in total. The molecule has 3 unspecified atom stereocenters. The lowest BCUT2D eigenvalue weighted by Crippen LogP contribution is -2.53. The van der Waals surface area contributed by atoms with E-state index in [0.717, 1.165) is 49.5 Å². The zero-order valence-corrected chi connectivity index (χ0v) is 13.8. The van der Waals surface area contributed by atoms with Crippen LogP contribution in [0.2, 0.25) is 0 Å². The Morgan fingerprint density at radius 3 is 2.18 bits per heavy atom. The second-order valence-electron chi connectivity index (χ2n) is 9.18. The van der Waals surface area contributed by atoms with Gasteiger partial charge in [-0.2, -0.15) is 0 Å². The van der Waals surface area contributed by atoms with Crippen LogP contribution in [0.1, 0.15) is 64.2 Å². The predicted octanol–water partition coefficient (Wildman–Crippen LogP) is 3.37. The van der Waals surface area contributed by atoms with Gasteiger partial charge in [-0.25, -0.2) is 0 Å². The molecule has 4 saturated carbocycles. The van der Waals surface area contributed by atoms with Gasteiger partial charge in [-0.1, -0.05) is 0 Å². The van der Waals surface area contributed by atoms with Crippen LogP contribution in [0.15, 0.2) is 0 Å². The number of esters is 1. The predicted molar refractivity (Wildman–Crippen MR) is 84.3 cm³/mol. The first-order valence-electron chi connectivity index (χ1n) is 9.56. The quantitative estimate of drug-likeness (QED) is 0.733. The maximum absolute atomic E-state index is 13.1. The van der Waals surface area contributed by atoms with E-state index < -0.39 is 0 Å². The topological polar surface area (TPSA) is 29.5 Å². The Balaban J connectivity index is 1.33. The molecule has 0 aromatic carbocycles. The van der Waals surface area contributed by atoms with E-state index in [4.69, 9.17) is 4.74 Å². The highest BCUT2D eigenvalue weighted by Gasteiger charge is 2.56. The van der Waals surface area contributed by atoms with Crippen molar-refractivity contribution in [2.75, 3.05) is 7.05 Å². The lowest BCUT2D eigenvalue weighted by Gasteiger charge is -2.55. The second-order valence-corrected chi connectivity index (χ2v) is 9.18. The van der Waals surface area contributed by atoms with Gasteiger partial charge in [0, 0.05) is 12.1 Å². The number of likely N-dealkylation sites (N-methyl/N-ethyl adjacent to an activating group) is 1. The number of fused-ring (bicyclic) bond motifs is 2. The van der Waals surface area contributed by atoms with Crippen LogP contribution >= 0.6 is 0 Å². The van der Waals surface area contributed by atoms with Crippen molar-refractivity contribution in [3.05, 3.63) is 0 Å². The third kappa shape index (κ3) is 1.93. The van der Waals surface area contributed by atoms with Gasteiger partial charge in [0.1, 0.15) is 6.10 Å². The molecule has 2 aliphatic heterocycles. The molecule has 4 aliphatic carbocycles. The average Bonchev–Trinajstić information content (AvgIpc) is 2.70. The van der Waals surface area contributed by atoms with E-state index in [0.29, 0.717) is 6.04 Å². The normalized spacial score (nSPS) is 53.0. The molecule has 122 valence electrons. The standard InChI is InChI=1S/C19H29NO2/c1-20-15-2-4-16(20)17(5-3-15)22-18(21)19-9-12-6-13(10-19)8-14(7-12)11-19/h12-17H,2-11H2,1H3. The molecule has 2 saturated heterocycles. The summed E-state index contributed by atoms with van der Waals surface area (Å²) in [6.07, 6.45) is 12.6. The maximum atomic E-state index is 13.1. The fourth-order valence-electron chi connectivity index (χ4n) is 7.15. The van der Waals surface area contributed by atoms with Crippen molar-refractivity contribution >= 4 is 5.97 Å². The van der Waals surface area contributed by atoms with Gasteiger partial charge in [-0.3, -0.25) is 9.69 Å². The van der Waals surface area contributed by atoms with Crippen molar-refractivity contribution in [2.24, 2.45) is 23.2 Å². The first-order chi connectivity index (χ1) is 10.6. The third-order valence-corrected chi connectivity index (χ3v) is 7.84. The molecule has 6 bridgehead atoms. The van der Waals surface area contributed by atoms with Crippen molar-refractivity contribution < 1.29 is 9.53 Å². The fourth-order valence-corrected chi connectivity index (χ4v) is 7.15. The van der Waals surface area contributed by atoms with Crippen LogP contribution in [-0.4, -0.2) is 36.1 Å². The van der Waals surface area contributed by atoms with Crippen molar-refractivity contribution in [1.82, 2.24) is 4.90 Å². The molecule has 3 atom stereocenters. The van der Waals surface area contributed by atoms with E-state index in [2.05, 4.69) is 11.9 Å². The molecule has 3 heteroatoms. The molecule has 0 aromatic rings. The zero-order chi connectivity index (χ0) is 14.9. The summed E-state index contributed by atoms with van der Waals surface area (Å²) in [6, 6.07) is 1.25. The van der Waals surface area contributed by atoms with Gasteiger partial charge in [0.15, 0.2) is 0 Å². The van der Waals surface area contributed by atoms with Crippen LogP contribution in [0.3, 0.4) is 0 Å². The molecule has 2 heterocycles. The Morgan fingerprint density at radius 1 is 0.955 bits per heavy atom. The summed E-state index contributed by atoms with van der Waals surface area (Å²) in [5.74, 6) is 2.66. The molecule has 0 amide bonds. The summed E-state index contributed by atoms with van der Waals surface area (Å²) in [4.78, 5) is 15.6. The number of carbonyl (C=O) groups excluding carboxylic acids is 1. The molecule has 0 aromatic heterocycles. The average molecular weight is 303 g/mol. The van der Waals surface area contributed by atoms with Gasteiger partial charge in [0.05, 0.1) is 5.41 Å². The lowest BCUT2D eigenvalue weighted by molar-refractivity contribution is -0.181. The molecule has 6 fully saturated rings. The Labute approximate surface area is 133 Å². The summed E-state index contributed by atoms with van der Waals surface area (Å²) >= 11 is 0. The van der Waals surface area contributed by atoms with E-state index in [-0.39, 0.29) is 17.5 Å². The summed E-state index contributed by atoms with van der Waals surface area (Å²) in [6.45, 7) is 0. The van der Waals surface area contributed by atoms with Crippen molar-refractivity contribution in [2.45, 2.75) is 82.4 Å². The second kappa shape index (κ2) is 4.72. The van der Waals surface area contributed by atoms with Gasteiger partial charge in [0.25, 0.3) is 0 Å². The molecule has 6 rings (SSSR count). The summed E-state index contributed by atoms with van der Waals surface area (Å²) in [5.41, 5.74) is -0.0806. The minimum absolute atomic E-state index is 0.0806. The number of rotatable bonds is 2. The van der Waals surface area contributed by atoms with E-state index >= 15 is 0 Å². The van der Waals surface area contributed by atoms with E-state index in [1.54, 1.807) is 0 Å². The lowest BCUT2D eigenvalue weighted by atomic mass is 9.49. The molecular weight excluding hydrogens is 274 g/mol. The summed E-state index contributed by atoms with van der Waals surface area (Å²) in [5, 5.41) is 0. The number of ether oxygens (including phenoxy) is 1. The Morgan fingerprint density at radius 2 is 1.55 bits per heavy atom. The SMILES string of the molecule is CN1C2CCC(OC(=O)C34CC5CC(CC(C5)C3)C4)C1CC2. The van der Waals surface area contributed by atoms with Gasteiger partial charge in [-0.15, -0.1) is 0 Å². The number of nitrogens with zero attached hydrogens (tertiary/aromatic N) is 1. The van der Waals surface area contributed by atoms with Crippen LogP contribution in [0.25, 0.3) is 0 Å². The van der Waals surface area contributed by atoms with E-state index in [9.17, 15) is 4.79 Å². The molecule has 6 aliphatic rings. The first kappa shape index (κ1) is 13.8. The highest BCUT2D eigenvalue weighted by molar-refractivity contribution is 5.77. The van der Waals surface area contributed by atoms with Gasteiger partial charge in [-0.05, 0) is 89.0 Å². The Kier molecular flexibility index (Phi) is 2.97. The van der Waals surface area contributed by atoms with Gasteiger partial charge >= 0.3 is 5.97 Å². The number of hydrogen-bond acceptors (Lipinski definition) is 3. The monoisotopic (exact) mass is 303 g/mol. The molecule has 0 spiro atoms. The molecular formula is C19H29NO2. The van der Waals surface area contributed by atoms with Crippen molar-refractivity contribution in [3.8, 4) is 0 Å². The highest BCUT2D eigenvalue weighted by Crippen LogP contribution is 2.60. The number of carbonyl (C=O) groups is 1. The van der Waals surface area contributed by atoms with Crippen molar-refractivity contribution in [1.29, 1.82) is 0 Å². The minimum Gasteiger partial charge on any atom is -0.460 e. The zero-order valence-electron chi connectivity index (χ0n) is 13.8. The van der Waals surface area contributed by atoms with Crippen LogP contribution in [0.4, 0.5) is 0 Å².